The van der Waals surface area contributed by atoms with E-state index in [1.165, 1.54) is 12.1 Å². The highest BCUT2D eigenvalue weighted by molar-refractivity contribution is 5.85. The van der Waals surface area contributed by atoms with Gasteiger partial charge in [-0.25, -0.2) is 4.39 Å². The molecule has 0 bridgehead atoms. The second-order valence-corrected chi connectivity index (χ2v) is 5.37. The first-order valence-electron chi connectivity index (χ1n) is 6.94. The maximum Gasteiger partial charge on any atom is 0.263 e. The van der Waals surface area contributed by atoms with Crippen LogP contribution in [0.2, 0.25) is 0 Å². The maximum atomic E-state index is 13.5. The molecule has 1 amide bonds. The van der Waals surface area contributed by atoms with Crippen LogP contribution in [0, 0.1) is 11.7 Å². The topological polar surface area (TPSA) is 55.6 Å². The zero-order valence-electron chi connectivity index (χ0n) is 12.3. The van der Waals surface area contributed by atoms with Crippen LogP contribution in [0.4, 0.5) is 4.39 Å². The molecule has 0 saturated carbocycles. The number of halogens is 2. The highest BCUT2D eigenvalue weighted by atomic mass is 35.5. The summed E-state index contributed by atoms with van der Waals surface area (Å²) in [5.41, 5.74) is 5.66. The van der Waals surface area contributed by atoms with Crippen molar-refractivity contribution in [2.75, 3.05) is 13.1 Å². The van der Waals surface area contributed by atoms with Crippen LogP contribution in [0.3, 0.4) is 0 Å². The van der Waals surface area contributed by atoms with Crippen LogP contribution in [0.25, 0.3) is 0 Å². The Kier molecular flexibility index (Phi) is 6.42. The van der Waals surface area contributed by atoms with Crippen molar-refractivity contribution in [3.05, 3.63) is 30.1 Å². The van der Waals surface area contributed by atoms with Gasteiger partial charge in [-0.2, -0.15) is 0 Å². The van der Waals surface area contributed by atoms with Crippen LogP contribution in [0.1, 0.15) is 20.3 Å². The predicted molar refractivity (Wildman–Crippen MR) is 82.1 cm³/mol. The number of nitrogens with two attached hydrogens (primary N) is 1. The Morgan fingerprint density at radius 1 is 1.52 bits per heavy atom. The van der Waals surface area contributed by atoms with Crippen molar-refractivity contribution in [1.29, 1.82) is 0 Å². The lowest BCUT2D eigenvalue weighted by Gasteiger charge is -2.25. The molecule has 3 unspecified atom stereocenters. The summed E-state index contributed by atoms with van der Waals surface area (Å²) in [6.45, 7) is 4.89. The standard InChI is InChI=1S/C15H21FN2O2.ClH/c1-10-7-12(8-17)9-18(10)15(19)11(2)20-14-6-4-3-5-13(14)16;/h3-6,10-12H,7-9,17H2,1-2H3;1H. The van der Waals surface area contributed by atoms with Gasteiger partial charge in [0.2, 0.25) is 0 Å². The molecule has 1 saturated heterocycles. The first-order chi connectivity index (χ1) is 9.52. The van der Waals surface area contributed by atoms with Crippen LogP contribution >= 0.6 is 12.4 Å². The van der Waals surface area contributed by atoms with Crippen molar-refractivity contribution >= 4 is 18.3 Å². The minimum absolute atomic E-state index is 0. The fraction of sp³-hybridized carbons (Fsp3) is 0.533. The number of hydrogen-bond acceptors (Lipinski definition) is 3. The molecular weight excluding hydrogens is 295 g/mol. The van der Waals surface area contributed by atoms with E-state index in [0.717, 1.165) is 6.42 Å². The zero-order chi connectivity index (χ0) is 14.7. The summed E-state index contributed by atoms with van der Waals surface area (Å²) in [4.78, 5) is 14.2. The monoisotopic (exact) mass is 316 g/mol. The third kappa shape index (κ3) is 4.08. The fourth-order valence-corrected chi connectivity index (χ4v) is 2.63. The van der Waals surface area contributed by atoms with Crippen LogP contribution in [0.5, 0.6) is 5.75 Å². The molecule has 0 aromatic heterocycles. The normalized spacial score (nSPS) is 22.6. The molecule has 0 radical (unpaired) electrons. The molecule has 2 N–H and O–H groups in total. The Bertz CT molecular complexity index is 486. The summed E-state index contributed by atoms with van der Waals surface area (Å²) in [5.74, 6) is -0.122. The molecule has 1 heterocycles. The summed E-state index contributed by atoms with van der Waals surface area (Å²) in [5, 5.41) is 0. The molecule has 0 aliphatic carbocycles. The number of amides is 1. The molecule has 4 nitrogen and oxygen atoms in total. The number of carbonyl (C=O) groups excluding carboxylic acids is 1. The van der Waals surface area contributed by atoms with Gasteiger partial charge in [-0.3, -0.25) is 4.79 Å². The molecule has 1 aliphatic rings. The van der Waals surface area contributed by atoms with Gasteiger partial charge in [0.15, 0.2) is 17.7 Å². The van der Waals surface area contributed by atoms with E-state index in [4.69, 9.17) is 10.5 Å². The Labute approximate surface area is 130 Å². The van der Waals surface area contributed by atoms with Crippen LogP contribution < -0.4 is 10.5 Å². The van der Waals surface area contributed by atoms with E-state index in [2.05, 4.69) is 0 Å². The third-order valence-corrected chi connectivity index (χ3v) is 3.77. The lowest BCUT2D eigenvalue weighted by atomic mass is 10.1. The highest BCUT2D eigenvalue weighted by Crippen LogP contribution is 2.24. The van der Waals surface area contributed by atoms with E-state index < -0.39 is 11.9 Å². The van der Waals surface area contributed by atoms with E-state index >= 15 is 0 Å². The minimum atomic E-state index is -0.703. The Hall–Kier alpha value is -1.33. The summed E-state index contributed by atoms with van der Waals surface area (Å²) < 4.78 is 19.0. The Morgan fingerprint density at radius 3 is 2.76 bits per heavy atom. The van der Waals surface area contributed by atoms with Crippen LogP contribution in [-0.2, 0) is 4.79 Å². The molecule has 6 heteroatoms. The third-order valence-electron chi connectivity index (χ3n) is 3.77. The van der Waals surface area contributed by atoms with E-state index in [-0.39, 0.29) is 30.1 Å². The number of rotatable bonds is 4. The van der Waals surface area contributed by atoms with E-state index in [9.17, 15) is 9.18 Å². The van der Waals surface area contributed by atoms with E-state index in [1.54, 1.807) is 24.0 Å². The Balaban J connectivity index is 0.00000220. The molecule has 0 spiro atoms. The second kappa shape index (κ2) is 7.61. The molecule has 21 heavy (non-hydrogen) atoms. The maximum absolute atomic E-state index is 13.5. The van der Waals surface area contributed by atoms with Gasteiger partial charge in [-0.15, -0.1) is 12.4 Å². The molecule has 1 aromatic rings. The second-order valence-electron chi connectivity index (χ2n) is 5.37. The van der Waals surface area contributed by atoms with Gasteiger partial charge in [-0.05, 0) is 44.9 Å². The lowest BCUT2D eigenvalue weighted by Crippen LogP contribution is -2.42. The van der Waals surface area contributed by atoms with E-state index in [0.29, 0.717) is 19.0 Å². The van der Waals surface area contributed by atoms with Crippen molar-refractivity contribution in [3.8, 4) is 5.75 Å². The SMILES string of the molecule is CC(Oc1ccccc1F)C(=O)N1CC(CN)CC1C.Cl. The number of benzene rings is 1. The van der Waals surface area contributed by atoms with E-state index in [1.807, 2.05) is 6.92 Å². The number of likely N-dealkylation sites (tertiary alicyclic amines) is 1. The first-order valence-corrected chi connectivity index (χ1v) is 6.94. The molecular formula is C15H22ClFN2O2. The largest absolute Gasteiger partial charge is 0.478 e. The van der Waals surface area contributed by atoms with Crippen molar-refractivity contribution in [3.63, 3.8) is 0 Å². The quantitative estimate of drug-likeness (QED) is 0.926. The van der Waals surface area contributed by atoms with Crippen molar-refractivity contribution in [2.45, 2.75) is 32.4 Å². The lowest BCUT2D eigenvalue weighted by molar-refractivity contribution is -0.138. The number of nitrogens with zero attached hydrogens (tertiary/aromatic N) is 1. The number of para-hydroxylation sites is 1. The summed E-state index contributed by atoms with van der Waals surface area (Å²) >= 11 is 0. The molecule has 1 aromatic carbocycles. The molecule has 1 aliphatic heterocycles. The summed E-state index contributed by atoms with van der Waals surface area (Å²) in [7, 11) is 0. The molecule has 1 fully saturated rings. The number of ether oxygens (including phenoxy) is 1. The van der Waals surface area contributed by atoms with Gasteiger partial charge in [0.1, 0.15) is 0 Å². The predicted octanol–water partition coefficient (Wildman–Crippen LogP) is 2.21. The zero-order valence-corrected chi connectivity index (χ0v) is 13.1. The average Bonchev–Trinajstić information content (AvgIpc) is 2.81. The van der Waals surface area contributed by atoms with Gasteiger partial charge < -0.3 is 15.4 Å². The Morgan fingerprint density at radius 2 is 2.19 bits per heavy atom. The van der Waals surface area contributed by atoms with Crippen LogP contribution in [0.15, 0.2) is 24.3 Å². The summed E-state index contributed by atoms with van der Waals surface area (Å²) in [6.07, 6.45) is 0.208. The summed E-state index contributed by atoms with van der Waals surface area (Å²) in [6, 6.07) is 6.26. The fourth-order valence-electron chi connectivity index (χ4n) is 2.63. The number of carbonyl (C=O) groups is 1. The van der Waals surface area contributed by atoms with Gasteiger partial charge in [0, 0.05) is 12.6 Å². The first kappa shape index (κ1) is 17.7. The minimum Gasteiger partial charge on any atom is -0.478 e. The van der Waals surface area contributed by atoms with Crippen molar-refractivity contribution < 1.29 is 13.9 Å². The number of hydrogen-bond donors (Lipinski definition) is 1. The highest BCUT2D eigenvalue weighted by Gasteiger charge is 2.34. The average molecular weight is 317 g/mol. The van der Waals surface area contributed by atoms with Crippen molar-refractivity contribution in [1.82, 2.24) is 4.90 Å². The molecule has 118 valence electrons. The van der Waals surface area contributed by atoms with Gasteiger partial charge in [-0.1, -0.05) is 12.1 Å². The van der Waals surface area contributed by atoms with Crippen molar-refractivity contribution in [2.24, 2.45) is 11.7 Å². The van der Waals surface area contributed by atoms with Gasteiger partial charge in [0.05, 0.1) is 0 Å². The smallest absolute Gasteiger partial charge is 0.263 e. The molecule has 2 rings (SSSR count). The molecule has 3 atom stereocenters. The van der Waals surface area contributed by atoms with Crippen LogP contribution in [-0.4, -0.2) is 36.0 Å². The van der Waals surface area contributed by atoms with Gasteiger partial charge >= 0.3 is 0 Å². The van der Waals surface area contributed by atoms with Gasteiger partial charge in [0.25, 0.3) is 5.91 Å².